The predicted molar refractivity (Wildman–Crippen MR) is 115 cm³/mol. The van der Waals surface area contributed by atoms with Crippen LogP contribution in [0.15, 0.2) is 89.8 Å². The van der Waals surface area contributed by atoms with E-state index in [9.17, 15) is 8.42 Å². The normalized spacial score (nSPS) is 16.2. The zero-order valence-corrected chi connectivity index (χ0v) is 17.1. The number of hydrogen-bond acceptors (Lipinski definition) is 3. The molecule has 0 atom stereocenters. The van der Waals surface area contributed by atoms with Gasteiger partial charge in [-0.1, -0.05) is 60.7 Å². The molecule has 1 heterocycles. The Kier molecular flexibility index (Phi) is 5.67. The second-order valence-corrected chi connectivity index (χ2v) is 9.32. The maximum absolute atomic E-state index is 13.0. The van der Waals surface area contributed by atoms with Crippen LogP contribution in [0.5, 0.6) is 0 Å². The van der Waals surface area contributed by atoms with Gasteiger partial charge in [-0.25, -0.2) is 8.42 Å². The molecule has 3 aromatic carbocycles. The summed E-state index contributed by atoms with van der Waals surface area (Å²) in [7, 11) is -3.49. The largest absolute Gasteiger partial charge is 0.399 e. The Morgan fingerprint density at radius 1 is 0.759 bits per heavy atom. The highest BCUT2D eigenvalue weighted by Crippen LogP contribution is 2.21. The first-order chi connectivity index (χ1) is 14.1. The van der Waals surface area contributed by atoms with Crippen LogP contribution >= 0.6 is 0 Å². The zero-order chi connectivity index (χ0) is 20.3. The Balaban J connectivity index is 1.55. The highest BCUT2D eigenvalue weighted by molar-refractivity contribution is 7.89. The van der Waals surface area contributed by atoms with Gasteiger partial charge in [0.05, 0.1) is 31.1 Å². The summed E-state index contributed by atoms with van der Waals surface area (Å²) in [5.41, 5.74) is 8.77. The SMILES string of the molecule is Nc1ccc(S(=O)(=O)N2CC[NH+](C(c3ccccc3)c3ccccc3)CC2)cc1. The number of sulfonamides is 1. The summed E-state index contributed by atoms with van der Waals surface area (Å²) in [6.07, 6.45) is 0. The summed E-state index contributed by atoms with van der Waals surface area (Å²) in [6.45, 7) is 2.50. The molecule has 1 aliphatic heterocycles. The molecular formula is C23H26N3O2S+. The molecule has 0 bridgehead atoms. The lowest BCUT2D eigenvalue weighted by atomic mass is 9.96. The molecule has 1 fully saturated rings. The molecule has 6 heteroatoms. The minimum Gasteiger partial charge on any atom is -0.399 e. The molecule has 5 nitrogen and oxygen atoms in total. The van der Waals surface area contributed by atoms with Gasteiger partial charge in [0.15, 0.2) is 0 Å². The maximum Gasteiger partial charge on any atom is 0.243 e. The second kappa shape index (κ2) is 8.37. The van der Waals surface area contributed by atoms with Gasteiger partial charge in [0.1, 0.15) is 6.04 Å². The van der Waals surface area contributed by atoms with Gasteiger partial charge in [-0.05, 0) is 24.3 Å². The van der Waals surface area contributed by atoms with Gasteiger partial charge in [-0.15, -0.1) is 0 Å². The Labute approximate surface area is 172 Å². The lowest BCUT2D eigenvalue weighted by Gasteiger charge is -2.36. The van der Waals surface area contributed by atoms with E-state index in [0.717, 1.165) is 13.1 Å². The van der Waals surface area contributed by atoms with Gasteiger partial charge >= 0.3 is 0 Å². The van der Waals surface area contributed by atoms with Crippen molar-refractivity contribution in [2.75, 3.05) is 31.9 Å². The van der Waals surface area contributed by atoms with Crippen LogP contribution in [0.25, 0.3) is 0 Å². The highest BCUT2D eigenvalue weighted by Gasteiger charge is 2.34. The average molecular weight is 409 g/mol. The number of anilines is 1. The number of benzene rings is 3. The van der Waals surface area contributed by atoms with Crippen molar-refractivity contribution in [2.45, 2.75) is 10.9 Å². The van der Waals surface area contributed by atoms with E-state index in [1.807, 2.05) is 12.1 Å². The van der Waals surface area contributed by atoms with Crippen molar-refractivity contribution >= 4 is 15.7 Å². The molecule has 3 N–H and O–H groups in total. The number of nitrogens with two attached hydrogens (primary N) is 1. The number of piperazine rings is 1. The van der Waals surface area contributed by atoms with Crippen LogP contribution in [0, 0.1) is 0 Å². The monoisotopic (exact) mass is 408 g/mol. The first kappa shape index (κ1) is 19.6. The third-order valence-corrected chi connectivity index (χ3v) is 7.47. The molecule has 0 amide bonds. The zero-order valence-electron chi connectivity index (χ0n) is 16.2. The smallest absolute Gasteiger partial charge is 0.243 e. The van der Waals surface area contributed by atoms with E-state index in [1.54, 1.807) is 28.6 Å². The van der Waals surface area contributed by atoms with E-state index < -0.39 is 10.0 Å². The van der Waals surface area contributed by atoms with Crippen molar-refractivity contribution in [2.24, 2.45) is 0 Å². The van der Waals surface area contributed by atoms with Gasteiger partial charge in [-0.2, -0.15) is 4.31 Å². The van der Waals surface area contributed by atoms with E-state index in [0.29, 0.717) is 23.7 Å². The summed E-state index contributed by atoms with van der Waals surface area (Å²) < 4.78 is 27.6. The molecule has 1 saturated heterocycles. The number of nitrogens with one attached hydrogen (secondary N) is 1. The fraction of sp³-hybridized carbons (Fsp3) is 0.217. The molecule has 29 heavy (non-hydrogen) atoms. The van der Waals surface area contributed by atoms with Crippen LogP contribution < -0.4 is 10.6 Å². The summed E-state index contributed by atoms with van der Waals surface area (Å²) in [4.78, 5) is 1.68. The van der Waals surface area contributed by atoms with Crippen LogP contribution in [0.4, 0.5) is 5.69 Å². The molecule has 0 radical (unpaired) electrons. The first-order valence-corrected chi connectivity index (χ1v) is 11.3. The summed E-state index contributed by atoms with van der Waals surface area (Å²) >= 11 is 0. The van der Waals surface area contributed by atoms with E-state index in [-0.39, 0.29) is 6.04 Å². The molecule has 150 valence electrons. The lowest BCUT2D eigenvalue weighted by molar-refractivity contribution is -0.929. The fourth-order valence-electron chi connectivity index (χ4n) is 4.05. The van der Waals surface area contributed by atoms with Gasteiger partial charge in [-0.3, -0.25) is 0 Å². The van der Waals surface area contributed by atoms with Gasteiger partial charge < -0.3 is 10.6 Å². The molecule has 0 aliphatic carbocycles. The summed E-state index contributed by atoms with van der Waals surface area (Å²) in [5, 5.41) is 0. The number of quaternary nitrogens is 1. The van der Waals surface area contributed by atoms with Crippen molar-refractivity contribution in [3.63, 3.8) is 0 Å². The highest BCUT2D eigenvalue weighted by atomic mass is 32.2. The third-order valence-electron chi connectivity index (χ3n) is 5.56. The van der Waals surface area contributed by atoms with Crippen molar-refractivity contribution in [3.8, 4) is 0 Å². The van der Waals surface area contributed by atoms with Gasteiger partial charge in [0.2, 0.25) is 10.0 Å². The van der Waals surface area contributed by atoms with E-state index >= 15 is 0 Å². The van der Waals surface area contributed by atoms with Crippen LogP contribution in [0.2, 0.25) is 0 Å². The maximum atomic E-state index is 13.0. The second-order valence-electron chi connectivity index (χ2n) is 7.39. The van der Waals surface area contributed by atoms with Crippen molar-refractivity contribution in [3.05, 3.63) is 96.1 Å². The minimum absolute atomic E-state index is 0.193. The van der Waals surface area contributed by atoms with E-state index in [2.05, 4.69) is 48.5 Å². The van der Waals surface area contributed by atoms with Crippen molar-refractivity contribution in [1.29, 1.82) is 0 Å². The third kappa shape index (κ3) is 4.19. The number of nitrogen functional groups attached to an aromatic ring is 1. The first-order valence-electron chi connectivity index (χ1n) is 9.86. The molecule has 0 spiro atoms. The number of nitrogens with zero attached hydrogens (tertiary/aromatic N) is 1. The summed E-state index contributed by atoms with van der Waals surface area (Å²) in [6, 6.07) is 27.5. The Morgan fingerprint density at radius 3 is 1.72 bits per heavy atom. The minimum atomic E-state index is -3.49. The fourth-order valence-corrected chi connectivity index (χ4v) is 5.49. The topological polar surface area (TPSA) is 67.8 Å². The lowest BCUT2D eigenvalue weighted by Crippen LogP contribution is -3.15. The van der Waals surface area contributed by atoms with Crippen LogP contribution in [-0.2, 0) is 10.0 Å². The van der Waals surface area contributed by atoms with Crippen molar-refractivity contribution < 1.29 is 13.3 Å². The Hall–Kier alpha value is -2.67. The van der Waals surface area contributed by atoms with E-state index in [1.165, 1.54) is 16.0 Å². The Bertz CT molecular complexity index is 991. The molecular weight excluding hydrogens is 382 g/mol. The van der Waals surface area contributed by atoms with Crippen LogP contribution in [-0.4, -0.2) is 38.9 Å². The quantitative estimate of drug-likeness (QED) is 0.634. The molecule has 0 unspecified atom stereocenters. The van der Waals surface area contributed by atoms with Crippen LogP contribution in [0.3, 0.4) is 0 Å². The molecule has 1 aliphatic rings. The molecule has 0 aromatic heterocycles. The number of rotatable bonds is 5. The van der Waals surface area contributed by atoms with Gasteiger partial charge in [0.25, 0.3) is 0 Å². The Morgan fingerprint density at radius 2 is 1.24 bits per heavy atom. The van der Waals surface area contributed by atoms with E-state index in [4.69, 9.17) is 5.73 Å². The molecule has 0 saturated carbocycles. The number of hydrogen-bond donors (Lipinski definition) is 2. The predicted octanol–water partition coefficient (Wildman–Crippen LogP) is 1.95. The van der Waals surface area contributed by atoms with Crippen LogP contribution in [0.1, 0.15) is 17.2 Å². The standard InChI is InChI=1S/C23H25N3O2S/c24-21-11-13-22(14-12-21)29(27,28)26-17-15-25(16-18-26)23(19-7-3-1-4-8-19)20-9-5-2-6-10-20/h1-14,23H,15-18,24H2/p+1. The average Bonchev–Trinajstić information content (AvgIpc) is 2.76. The molecule has 3 aromatic rings. The van der Waals surface area contributed by atoms with Crippen molar-refractivity contribution in [1.82, 2.24) is 4.31 Å². The van der Waals surface area contributed by atoms with Gasteiger partial charge in [0, 0.05) is 16.8 Å². The summed E-state index contributed by atoms with van der Waals surface area (Å²) in [5.74, 6) is 0. The molecule has 4 rings (SSSR count).